The third-order valence-electron chi connectivity index (χ3n) is 3.42. The maximum atomic E-state index is 11.7. The summed E-state index contributed by atoms with van der Waals surface area (Å²) in [6.07, 6.45) is 1.15. The Hall–Kier alpha value is -1.69. The number of imide groups is 1. The Morgan fingerprint density at radius 2 is 2.16 bits per heavy atom. The van der Waals surface area contributed by atoms with Gasteiger partial charge in [0.25, 0.3) is 0 Å². The molecule has 1 fully saturated rings. The largest absolute Gasteiger partial charge is 0.305 e. The first-order chi connectivity index (χ1) is 8.99. The Morgan fingerprint density at radius 1 is 1.42 bits per heavy atom. The molecule has 1 aromatic rings. The van der Waals surface area contributed by atoms with Crippen LogP contribution in [0.4, 0.5) is 0 Å². The van der Waals surface area contributed by atoms with E-state index in [9.17, 15) is 9.59 Å². The topological polar surface area (TPSA) is 67.2 Å². The predicted octanol–water partition coefficient (Wildman–Crippen LogP) is 0.237. The van der Waals surface area contributed by atoms with Crippen molar-refractivity contribution in [2.24, 2.45) is 0 Å². The lowest BCUT2D eigenvalue weighted by atomic mass is 10.2. The first-order valence-corrected chi connectivity index (χ1v) is 6.54. The molecule has 1 atom stereocenters. The van der Waals surface area contributed by atoms with Crippen LogP contribution in [-0.4, -0.2) is 46.1 Å². The maximum Gasteiger partial charge on any atom is 0.246 e. The lowest BCUT2D eigenvalue weighted by Crippen LogP contribution is -2.37. The van der Waals surface area contributed by atoms with Crippen molar-refractivity contribution < 1.29 is 9.59 Å². The van der Waals surface area contributed by atoms with Gasteiger partial charge in [-0.05, 0) is 32.9 Å². The molecule has 0 aromatic carbocycles. The average Bonchev–Trinajstić information content (AvgIpc) is 2.80. The molecule has 6 heteroatoms. The molecule has 2 heterocycles. The minimum atomic E-state index is -0.349. The highest BCUT2D eigenvalue weighted by atomic mass is 16.2. The number of hydrogen-bond donors (Lipinski definition) is 1. The molecule has 104 valence electrons. The summed E-state index contributed by atoms with van der Waals surface area (Å²) < 4.78 is 1.96. The molecule has 0 spiro atoms. The van der Waals surface area contributed by atoms with E-state index in [0.29, 0.717) is 6.54 Å². The number of carbonyl (C=O) groups excluding carboxylic acids is 2. The number of amides is 2. The summed E-state index contributed by atoms with van der Waals surface area (Å²) in [5, 5.41) is 7.51. The fourth-order valence-electron chi connectivity index (χ4n) is 2.32. The van der Waals surface area contributed by atoms with Gasteiger partial charge in [-0.2, -0.15) is 5.10 Å². The standard InChI is InChI=1S/C13H20N4O2/c1-9-7-10(2)17(15-9)6-4-5-14-11-8-12(18)16(3)13(11)19/h7,11,14H,4-6,8H2,1-3H3. The molecule has 2 amide bonds. The Kier molecular flexibility index (Phi) is 3.99. The summed E-state index contributed by atoms with van der Waals surface area (Å²) in [7, 11) is 1.53. The zero-order valence-electron chi connectivity index (χ0n) is 11.6. The average molecular weight is 264 g/mol. The van der Waals surface area contributed by atoms with Gasteiger partial charge in [-0.3, -0.25) is 19.2 Å². The fraction of sp³-hybridized carbons (Fsp3) is 0.615. The van der Waals surface area contributed by atoms with E-state index in [2.05, 4.69) is 10.4 Å². The zero-order valence-corrected chi connectivity index (χ0v) is 11.6. The van der Waals surface area contributed by atoms with Crippen LogP contribution in [-0.2, 0) is 16.1 Å². The van der Waals surface area contributed by atoms with Crippen LogP contribution >= 0.6 is 0 Å². The number of carbonyl (C=O) groups is 2. The molecule has 0 saturated carbocycles. The van der Waals surface area contributed by atoms with E-state index in [-0.39, 0.29) is 24.3 Å². The van der Waals surface area contributed by atoms with E-state index in [1.807, 2.05) is 24.6 Å². The minimum absolute atomic E-state index is 0.110. The number of rotatable bonds is 5. The van der Waals surface area contributed by atoms with Crippen LogP contribution < -0.4 is 5.32 Å². The molecule has 6 nitrogen and oxygen atoms in total. The van der Waals surface area contributed by atoms with Gasteiger partial charge in [0.2, 0.25) is 11.8 Å². The maximum absolute atomic E-state index is 11.7. The molecule has 1 N–H and O–H groups in total. The normalized spacial score (nSPS) is 19.5. The van der Waals surface area contributed by atoms with Crippen LogP contribution in [0.25, 0.3) is 0 Å². The Labute approximate surface area is 112 Å². The summed E-state index contributed by atoms with van der Waals surface area (Å²) >= 11 is 0. The first-order valence-electron chi connectivity index (χ1n) is 6.54. The van der Waals surface area contributed by atoms with Crippen LogP contribution in [0.2, 0.25) is 0 Å². The minimum Gasteiger partial charge on any atom is -0.305 e. The van der Waals surface area contributed by atoms with Gasteiger partial charge in [-0.25, -0.2) is 0 Å². The lowest BCUT2D eigenvalue weighted by molar-refractivity contribution is -0.137. The third-order valence-corrected chi connectivity index (χ3v) is 3.42. The van der Waals surface area contributed by atoms with Crippen LogP contribution in [0.3, 0.4) is 0 Å². The van der Waals surface area contributed by atoms with Crippen molar-refractivity contribution >= 4 is 11.8 Å². The van der Waals surface area contributed by atoms with Gasteiger partial charge >= 0.3 is 0 Å². The van der Waals surface area contributed by atoms with E-state index < -0.39 is 0 Å². The molecule has 1 aromatic heterocycles. The van der Waals surface area contributed by atoms with Crippen LogP contribution in [0.5, 0.6) is 0 Å². The van der Waals surface area contributed by atoms with Crippen molar-refractivity contribution in [3.8, 4) is 0 Å². The molecule has 19 heavy (non-hydrogen) atoms. The zero-order chi connectivity index (χ0) is 14.0. The van der Waals surface area contributed by atoms with Gasteiger partial charge in [-0.1, -0.05) is 0 Å². The highest BCUT2D eigenvalue weighted by Crippen LogP contribution is 2.10. The van der Waals surface area contributed by atoms with Crippen molar-refractivity contribution in [1.82, 2.24) is 20.0 Å². The second-order valence-electron chi connectivity index (χ2n) is 5.01. The second-order valence-corrected chi connectivity index (χ2v) is 5.01. The first kappa shape index (κ1) is 13.7. The number of nitrogens with zero attached hydrogens (tertiary/aromatic N) is 3. The number of hydrogen-bond acceptors (Lipinski definition) is 4. The summed E-state index contributed by atoms with van der Waals surface area (Å²) in [6, 6.07) is 1.69. The van der Waals surface area contributed by atoms with E-state index in [1.54, 1.807) is 0 Å². The molecule has 0 aliphatic carbocycles. The molecular weight excluding hydrogens is 244 g/mol. The van der Waals surface area contributed by atoms with E-state index in [4.69, 9.17) is 0 Å². The third kappa shape index (κ3) is 3.01. The molecule has 2 rings (SSSR count). The number of nitrogens with one attached hydrogen (secondary N) is 1. The number of likely N-dealkylation sites (tertiary alicyclic amines) is 1. The molecule has 1 aliphatic rings. The molecular formula is C13H20N4O2. The summed E-state index contributed by atoms with van der Waals surface area (Å²) in [6.45, 7) is 5.52. The van der Waals surface area contributed by atoms with Gasteiger partial charge in [-0.15, -0.1) is 0 Å². The second kappa shape index (κ2) is 5.52. The number of aromatic nitrogens is 2. The number of aryl methyl sites for hydroxylation is 3. The summed E-state index contributed by atoms with van der Waals surface area (Å²) in [5.74, 6) is -0.239. The van der Waals surface area contributed by atoms with Crippen molar-refractivity contribution in [2.45, 2.75) is 39.3 Å². The molecule has 1 saturated heterocycles. The highest BCUT2D eigenvalue weighted by Gasteiger charge is 2.35. The van der Waals surface area contributed by atoms with Gasteiger partial charge in [0.15, 0.2) is 0 Å². The van der Waals surface area contributed by atoms with Crippen molar-refractivity contribution in [3.05, 3.63) is 17.5 Å². The van der Waals surface area contributed by atoms with Crippen LogP contribution in [0, 0.1) is 13.8 Å². The lowest BCUT2D eigenvalue weighted by Gasteiger charge is -2.11. The molecule has 1 aliphatic heterocycles. The van der Waals surface area contributed by atoms with Crippen LogP contribution in [0.1, 0.15) is 24.2 Å². The molecule has 1 unspecified atom stereocenters. The summed E-state index contributed by atoms with van der Waals surface area (Å²) in [5.41, 5.74) is 2.16. The Morgan fingerprint density at radius 3 is 2.68 bits per heavy atom. The van der Waals surface area contributed by atoms with E-state index in [1.165, 1.54) is 11.9 Å². The fourth-order valence-corrected chi connectivity index (χ4v) is 2.32. The van der Waals surface area contributed by atoms with Gasteiger partial charge in [0.05, 0.1) is 18.2 Å². The predicted molar refractivity (Wildman–Crippen MR) is 70.5 cm³/mol. The quantitative estimate of drug-likeness (QED) is 0.611. The number of likely N-dealkylation sites (N-methyl/N-ethyl adjacent to an activating group) is 1. The molecule has 0 bridgehead atoms. The Balaban J connectivity index is 1.74. The Bertz CT molecular complexity index is 495. The van der Waals surface area contributed by atoms with Crippen molar-refractivity contribution in [1.29, 1.82) is 0 Å². The highest BCUT2D eigenvalue weighted by molar-refractivity contribution is 6.05. The summed E-state index contributed by atoms with van der Waals surface area (Å²) in [4.78, 5) is 24.2. The van der Waals surface area contributed by atoms with Gasteiger partial charge in [0.1, 0.15) is 0 Å². The van der Waals surface area contributed by atoms with E-state index in [0.717, 1.165) is 24.4 Å². The van der Waals surface area contributed by atoms with Gasteiger partial charge in [0, 0.05) is 19.3 Å². The van der Waals surface area contributed by atoms with Gasteiger partial charge < -0.3 is 5.32 Å². The monoisotopic (exact) mass is 264 g/mol. The smallest absolute Gasteiger partial charge is 0.246 e. The van der Waals surface area contributed by atoms with Crippen molar-refractivity contribution in [2.75, 3.05) is 13.6 Å². The molecule has 0 radical (unpaired) electrons. The SMILES string of the molecule is Cc1cc(C)n(CCCNC2CC(=O)N(C)C2=O)n1. The van der Waals surface area contributed by atoms with E-state index >= 15 is 0 Å². The van der Waals surface area contributed by atoms with Crippen LogP contribution in [0.15, 0.2) is 6.07 Å². The van der Waals surface area contributed by atoms with Crippen molar-refractivity contribution in [3.63, 3.8) is 0 Å².